The lowest BCUT2D eigenvalue weighted by molar-refractivity contribution is 0.625. The van der Waals surface area contributed by atoms with Crippen molar-refractivity contribution in [2.45, 2.75) is 9.79 Å². The molecule has 2 aromatic carbocycles. The highest BCUT2D eigenvalue weighted by Gasteiger charge is 2.01. The molecule has 16 heavy (non-hydrogen) atoms. The first-order valence-electron chi connectivity index (χ1n) is 4.63. The molecule has 0 spiro atoms. The van der Waals surface area contributed by atoms with E-state index in [1.165, 1.54) is 23.9 Å². The van der Waals surface area contributed by atoms with Crippen LogP contribution in [-0.2, 0) is 0 Å². The highest BCUT2D eigenvalue weighted by atomic mass is 35.5. The number of nitrogen functional groups attached to an aromatic ring is 1. The summed E-state index contributed by atoms with van der Waals surface area (Å²) < 4.78 is 13.1. The molecule has 2 N–H and O–H groups in total. The zero-order valence-corrected chi connectivity index (χ0v) is 9.86. The third-order valence-corrected chi connectivity index (χ3v) is 3.17. The fourth-order valence-corrected chi connectivity index (χ4v) is 2.32. The van der Waals surface area contributed by atoms with E-state index >= 15 is 0 Å². The average molecular weight is 254 g/mol. The molecule has 2 rings (SSSR count). The summed E-state index contributed by atoms with van der Waals surface area (Å²) in [5.41, 5.74) is 5.99. The summed E-state index contributed by atoms with van der Waals surface area (Å²) in [5.74, 6) is -0.323. The number of rotatable bonds is 2. The van der Waals surface area contributed by atoms with Crippen molar-refractivity contribution in [3.05, 3.63) is 53.3 Å². The summed E-state index contributed by atoms with van der Waals surface area (Å²) in [7, 11) is 0. The first-order valence-corrected chi connectivity index (χ1v) is 5.82. The summed E-state index contributed by atoms with van der Waals surface area (Å²) >= 11 is 7.22. The number of halogens is 2. The van der Waals surface area contributed by atoms with Gasteiger partial charge in [0, 0.05) is 20.5 Å². The highest BCUT2D eigenvalue weighted by molar-refractivity contribution is 7.99. The van der Waals surface area contributed by atoms with Crippen molar-refractivity contribution in [2.24, 2.45) is 0 Å². The van der Waals surface area contributed by atoms with Gasteiger partial charge in [0.05, 0.1) is 0 Å². The molecule has 0 aliphatic heterocycles. The molecule has 1 nitrogen and oxygen atoms in total. The Morgan fingerprint density at radius 3 is 2.31 bits per heavy atom. The van der Waals surface area contributed by atoms with Crippen molar-refractivity contribution in [2.75, 3.05) is 5.73 Å². The molecule has 0 radical (unpaired) electrons. The van der Waals surface area contributed by atoms with Crippen LogP contribution in [0, 0.1) is 5.82 Å². The van der Waals surface area contributed by atoms with E-state index in [-0.39, 0.29) is 5.82 Å². The summed E-state index contributed by atoms with van der Waals surface area (Å²) in [6, 6.07) is 11.9. The lowest BCUT2D eigenvalue weighted by Crippen LogP contribution is -1.87. The number of hydrogen-bond donors (Lipinski definition) is 1. The molecular weight excluding hydrogens is 245 g/mol. The molecule has 4 heteroatoms. The standard InChI is InChI=1S/C12H9ClFNS/c13-8-1-3-11(4-2-8)16-12-6-9(14)5-10(15)7-12/h1-7H,15H2. The van der Waals surface area contributed by atoms with Gasteiger partial charge in [0.15, 0.2) is 0 Å². The van der Waals surface area contributed by atoms with Crippen molar-refractivity contribution in [1.82, 2.24) is 0 Å². The molecule has 0 atom stereocenters. The Hall–Kier alpha value is -1.19. The van der Waals surface area contributed by atoms with Gasteiger partial charge in [-0.3, -0.25) is 0 Å². The maximum atomic E-state index is 13.1. The Kier molecular flexibility index (Phi) is 3.36. The Morgan fingerprint density at radius 2 is 1.69 bits per heavy atom. The van der Waals surface area contributed by atoms with Gasteiger partial charge in [0.2, 0.25) is 0 Å². The van der Waals surface area contributed by atoms with Crippen LogP contribution >= 0.6 is 23.4 Å². The molecule has 0 amide bonds. The Morgan fingerprint density at radius 1 is 1.00 bits per heavy atom. The van der Waals surface area contributed by atoms with Gasteiger partial charge in [-0.25, -0.2) is 4.39 Å². The quantitative estimate of drug-likeness (QED) is 0.812. The molecule has 82 valence electrons. The summed E-state index contributed by atoms with van der Waals surface area (Å²) in [6.45, 7) is 0. The minimum atomic E-state index is -0.323. The average Bonchev–Trinajstić information content (AvgIpc) is 2.20. The third-order valence-electron chi connectivity index (χ3n) is 1.94. The van der Waals surface area contributed by atoms with Crippen molar-refractivity contribution < 1.29 is 4.39 Å². The molecule has 0 saturated heterocycles. The largest absolute Gasteiger partial charge is 0.399 e. The topological polar surface area (TPSA) is 26.0 Å². The van der Waals surface area contributed by atoms with Crippen LogP contribution in [0.3, 0.4) is 0 Å². The molecule has 2 aromatic rings. The van der Waals surface area contributed by atoms with Gasteiger partial charge in [-0.05, 0) is 42.5 Å². The van der Waals surface area contributed by atoms with Gasteiger partial charge in [0.1, 0.15) is 5.82 Å². The van der Waals surface area contributed by atoms with E-state index in [9.17, 15) is 4.39 Å². The van der Waals surface area contributed by atoms with E-state index in [1.54, 1.807) is 18.2 Å². The van der Waals surface area contributed by atoms with Crippen molar-refractivity contribution in [3.8, 4) is 0 Å². The summed E-state index contributed by atoms with van der Waals surface area (Å²) in [6.07, 6.45) is 0. The van der Waals surface area contributed by atoms with E-state index in [1.807, 2.05) is 12.1 Å². The SMILES string of the molecule is Nc1cc(F)cc(Sc2ccc(Cl)cc2)c1. The van der Waals surface area contributed by atoms with Crippen LogP contribution in [0.1, 0.15) is 0 Å². The molecule has 0 fully saturated rings. The van der Waals surface area contributed by atoms with Gasteiger partial charge in [-0.2, -0.15) is 0 Å². The fraction of sp³-hybridized carbons (Fsp3) is 0. The summed E-state index contributed by atoms with van der Waals surface area (Å²) in [4.78, 5) is 1.77. The van der Waals surface area contributed by atoms with E-state index in [2.05, 4.69) is 0 Å². The predicted molar refractivity (Wildman–Crippen MR) is 66.4 cm³/mol. The van der Waals surface area contributed by atoms with E-state index in [0.29, 0.717) is 10.7 Å². The third kappa shape index (κ3) is 2.90. The number of benzene rings is 2. The van der Waals surface area contributed by atoms with Gasteiger partial charge >= 0.3 is 0 Å². The molecule has 0 unspecified atom stereocenters. The second-order valence-electron chi connectivity index (χ2n) is 3.28. The van der Waals surface area contributed by atoms with Gasteiger partial charge in [-0.15, -0.1) is 0 Å². The minimum Gasteiger partial charge on any atom is -0.399 e. The second kappa shape index (κ2) is 4.76. The fourth-order valence-electron chi connectivity index (χ4n) is 1.28. The van der Waals surface area contributed by atoms with Crippen molar-refractivity contribution in [3.63, 3.8) is 0 Å². The maximum absolute atomic E-state index is 13.1. The minimum absolute atomic E-state index is 0.323. The number of nitrogens with two attached hydrogens (primary N) is 1. The predicted octanol–water partition coefficient (Wildman–Crippen LogP) is 4.21. The molecule has 0 aliphatic carbocycles. The van der Waals surface area contributed by atoms with E-state index in [4.69, 9.17) is 17.3 Å². The van der Waals surface area contributed by atoms with Crippen LogP contribution in [-0.4, -0.2) is 0 Å². The van der Waals surface area contributed by atoms with Gasteiger partial charge < -0.3 is 5.73 Å². The molecule has 0 saturated carbocycles. The monoisotopic (exact) mass is 253 g/mol. The van der Waals surface area contributed by atoms with Crippen LogP contribution in [0.15, 0.2) is 52.3 Å². The highest BCUT2D eigenvalue weighted by Crippen LogP contribution is 2.30. The molecule has 0 bridgehead atoms. The normalized spacial score (nSPS) is 10.4. The molecule has 0 heterocycles. The van der Waals surface area contributed by atoms with E-state index < -0.39 is 0 Å². The van der Waals surface area contributed by atoms with Crippen LogP contribution < -0.4 is 5.73 Å². The molecular formula is C12H9ClFNS. The summed E-state index contributed by atoms with van der Waals surface area (Å²) in [5, 5.41) is 0.683. The van der Waals surface area contributed by atoms with Crippen molar-refractivity contribution in [1.29, 1.82) is 0 Å². The van der Waals surface area contributed by atoms with Crippen molar-refractivity contribution >= 4 is 29.1 Å². The smallest absolute Gasteiger partial charge is 0.126 e. The second-order valence-corrected chi connectivity index (χ2v) is 4.86. The first-order chi connectivity index (χ1) is 7.63. The Labute approximate surface area is 102 Å². The Balaban J connectivity index is 2.23. The van der Waals surface area contributed by atoms with Crippen LogP contribution in [0.25, 0.3) is 0 Å². The van der Waals surface area contributed by atoms with Gasteiger partial charge in [0.25, 0.3) is 0 Å². The van der Waals surface area contributed by atoms with E-state index in [0.717, 1.165) is 9.79 Å². The van der Waals surface area contributed by atoms with Crippen LogP contribution in [0.2, 0.25) is 5.02 Å². The number of anilines is 1. The van der Waals surface area contributed by atoms with Crippen LogP contribution in [0.5, 0.6) is 0 Å². The first kappa shape index (κ1) is 11.3. The molecule has 0 aliphatic rings. The molecule has 0 aromatic heterocycles. The number of hydrogen-bond acceptors (Lipinski definition) is 2. The lowest BCUT2D eigenvalue weighted by atomic mass is 10.3. The Bertz CT molecular complexity index is 479. The maximum Gasteiger partial charge on any atom is 0.126 e. The van der Waals surface area contributed by atoms with Crippen LogP contribution in [0.4, 0.5) is 10.1 Å². The zero-order valence-electron chi connectivity index (χ0n) is 8.28. The lowest BCUT2D eigenvalue weighted by Gasteiger charge is -2.03. The zero-order chi connectivity index (χ0) is 11.5. The van der Waals surface area contributed by atoms with Gasteiger partial charge in [-0.1, -0.05) is 23.4 Å².